The zero-order valence-corrected chi connectivity index (χ0v) is 9.39. The predicted octanol–water partition coefficient (Wildman–Crippen LogP) is 2.95. The van der Waals surface area contributed by atoms with Crippen molar-refractivity contribution >= 4 is 0 Å². The third-order valence-electron chi connectivity index (χ3n) is 4.86. The van der Waals surface area contributed by atoms with E-state index in [-0.39, 0.29) is 0 Å². The summed E-state index contributed by atoms with van der Waals surface area (Å²) in [6.45, 7) is 3.76. The smallest absolute Gasteiger partial charge is 0.00683 e. The summed E-state index contributed by atoms with van der Waals surface area (Å²) in [4.78, 5) is 0. The summed E-state index contributed by atoms with van der Waals surface area (Å²) in [7, 11) is 0. The molecule has 1 heteroatoms. The Morgan fingerprint density at radius 2 is 1.86 bits per heavy atom. The van der Waals surface area contributed by atoms with Gasteiger partial charge in [0.2, 0.25) is 0 Å². The molecule has 1 unspecified atom stereocenters. The molecule has 0 aromatic heterocycles. The molecule has 3 rings (SSSR count). The first kappa shape index (κ1) is 9.21. The molecule has 0 amide bonds. The van der Waals surface area contributed by atoms with Crippen LogP contribution in [0.4, 0.5) is 0 Å². The third kappa shape index (κ3) is 1.71. The van der Waals surface area contributed by atoms with E-state index in [9.17, 15) is 0 Å². The van der Waals surface area contributed by atoms with Gasteiger partial charge in [0.25, 0.3) is 0 Å². The highest BCUT2D eigenvalue weighted by atomic mass is 15.0. The van der Waals surface area contributed by atoms with Crippen LogP contribution in [0, 0.1) is 17.3 Å². The first-order chi connectivity index (χ1) is 6.78. The van der Waals surface area contributed by atoms with Crippen LogP contribution in [0.15, 0.2) is 0 Å². The van der Waals surface area contributed by atoms with Crippen molar-refractivity contribution in [3.8, 4) is 0 Å². The molecule has 1 N–H and O–H groups in total. The fourth-order valence-electron chi connectivity index (χ4n) is 3.27. The molecule has 14 heavy (non-hydrogen) atoms. The molecule has 1 atom stereocenters. The molecule has 0 aromatic carbocycles. The summed E-state index contributed by atoms with van der Waals surface area (Å²) in [5, 5.41) is 3.70. The van der Waals surface area contributed by atoms with E-state index in [0.29, 0.717) is 0 Å². The highest BCUT2D eigenvalue weighted by Gasteiger charge is 2.54. The Morgan fingerprint density at radius 3 is 2.50 bits per heavy atom. The van der Waals surface area contributed by atoms with Crippen LogP contribution in [0.1, 0.15) is 51.9 Å². The van der Waals surface area contributed by atoms with Gasteiger partial charge in [-0.15, -0.1) is 0 Å². The second-order valence-corrected chi connectivity index (χ2v) is 6.13. The Morgan fingerprint density at radius 1 is 1.14 bits per heavy atom. The van der Waals surface area contributed by atoms with Crippen molar-refractivity contribution in [2.75, 3.05) is 6.54 Å². The summed E-state index contributed by atoms with van der Waals surface area (Å²) >= 11 is 0. The lowest BCUT2D eigenvalue weighted by atomic mass is 9.79. The van der Waals surface area contributed by atoms with Gasteiger partial charge < -0.3 is 5.32 Å². The Labute approximate surface area is 87.7 Å². The molecule has 80 valence electrons. The fraction of sp³-hybridized carbons (Fsp3) is 1.00. The van der Waals surface area contributed by atoms with Crippen LogP contribution in [0.2, 0.25) is 0 Å². The molecule has 1 nitrogen and oxygen atoms in total. The second-order valence-electron chi connectivity index (χ2n) is 6.13. The van der Waals surface area contributed by atoms with Crippen molar-refractivity contribution < 1.29 is 0 Å². The third-order valence-corrected chi connectivity index (χ3v) is 4.86. The summed E-state index contributed by atoms with van der Waals surface area (Å²) in [6.07, 6.45) is 10.5. The van der Waals surface area contributed by atoms with Gasteiger partial charge in [0.05, 0.1) is 0 Å². The van der Waals surface area contributed by atoms with E-state index in [1.807, 2.05) is 0 Å². The molecule has 0 heterocycles. The fourth-order valence-corrected chi connectivity index (χ4v) is 3.27. The van der Waals surface area contributed by atoms with E-state index >= 15 is 0 Å². The zero-order chi connectivity index (χ0) is 9.60. The average molecular weight is 193 g/mol. The van der Waals surface area contributed by atoms with Gasteiger partial charge in [-0.1, -0.05) is 19.8 Å². The number of rotatable bonds is 3. The maximum Gasteiger partial charge on any atom is 0.00683 e. The van der Waals surface area contributed by atoms with Gasteiger partial charge >= 0.3 is 0 Å². The second kappa shape index (κ2) is 3.23. The summed E-state index contributed by atoms with van der Waals surface area (Å²) < 4.78 is 0. The van der Waals surface area contributed by atoms with Gasteiger partial charge in [0.1, 0.15) is 0 Å². The molecule has 3 aliphatic rings. The largest absolute Gasteiger partial charge is 0.314 e. The first-order valence-electron chi connectivity index (χ1n) is 6.52. The molecule has 3 aliphatic carbocycles. The van der Waals surface area contributed by atoms with Crippen molar-refractivity contribution in [3.05, 3.63) is 0 Å². The van der Waals surface area contributed by atoms with Crippen LogP contribution in [0.25, 0.3) is 0 Å². The summed E-state index contributed by atoms with van der Waals surface area (Å²) in [5.74, 6) is 2.06. The van der Waals surface area contributed by atoms with E-state index in [1.54, 1.807) is 6.42 Å². The van der Waals surface area contributed by atoms with Crippen molar-refractivity contribution in [3.63, 3.8) is 0 Å². The molecular formula is C13H23N. The van der Waals surface area contributed by atoms with Crippen LogP contribution in [-0.2, 0) is 0 Å². The standard InChI is InChI=1S/C13H23N/c1-10-4-6-13(7-5-10)8-11(13)9-14-12-2-3-12/h10-12,14H,2-9H2,1H3. The van der Waals surface area contributed by atoms with Crippen LogP contribution in [0.3, 0.4) is 0 Å². The van der Waals surface area contributed by atoms with Crippen LogP contribution in [-0.4, -0.2) is 12.6 Å². The van der Waals surface area contributed by atoms with Gasteiger partial charge in [-0.25, -0.2) is 0 Å². The summed E-state index contributed by atoms with van der Waals surface area (Å²) in [6, 6.07) is 0.912. The minimum Gasteiger partial charge on any atom is -0.314 e. The maximum atomic E-state index is 3.70. The quantitative estimate of drug-likeness (QED) is 0.726. The van der Waals surface area contributed by atoms with Crippen molar-refractivity contribution in [1.82, 2.24) is 5.32 Å². The predicted molar refractivity (Wildman–Crippen MR) is 59.2 cm³/mol. The van der Waals surface area contributed by atoms with Crippen LogP contribution in [0.5, 0.6) is 0 Å². The van der Waals surface area contributed by atoms with E-state index in [2.05, 4.69) is 12.2 Å². The topological polar surface area (TPSA) is 12.0 Å². The van der Waals surface area contributed by atoms with E-state index < -0.39 is 0 Å². The minimum atomic E-state index is 0.828. The molecule has 0 aliphatic heterocycles. The van der Waals surface area contributed by atoms with E-state index in [4.69, 9.17) is 0 Å². The van der Waals surface area contributed by atoms with Crippen molar-refractivity contribution in [1.29, 1.82) is 0 Å². The number of hydrogen-bond donors (Lipinski definition) is 1. The van der Waals surface area contributed by atoms with Gasteiger partial charge in [0.15, 0.2) is 0 Å². The SMILES string of the molecule is CC1CCC2(CC1)CC2CNC1CC1. The monoisotopic (exact) mass is 193 g/mol. The van der Waals surface area contributed by atoms with Gasteiger partial charge in [-0.2, -0.15) is 0 Å². The van der Waals surface area contributed by atoms with Crippen molar-refractivity contribution in [2.45, 2.75) is 57.9 Å². The first-order valence-corrected chi connectivity index (χ1v) is 6.52. The number of nitrogens with one attached hydrogen (secondary N) is 1. The Kier molecular flexibility index (Phi) is 2.12. The Balaban J connectivity index is 1.45. The lowest BCUT2D eigenvalue weighted by Crippen LogP contribution is -2.23. The van der Waals surface area contributed by atoms with E-state index in [1.165, 1.54) is 45.1 Å². The molecule has 3 saturated carbocycles. The van der Waals surface area contributed by atoms with Crippen molar-refractivity contribution in [2.24, 2.45) is 17.3 Å². The molecule has 0 aromatic rings. The molecule has 0 radical (unpaired) electrons. The molecule has 1 spiro atoms. The average Bonchev–Trinajstić information content (AvgIpc) is 3.06. The highest BCUT2D eigenvalue weighted by molar-refractivity contribution is 5.05. The van der Waals surface area contributed by atoms with Gasteiger partial charge in [-0.3, -0.25) is 0 Å². The maximum absolute atomic E-state index is 3.70. The van der Waals surface area contributed by atoms with Gasteiger partial charge in [0, 0.05) is 6.04 Å². The zero-order valence-electron chi connectivity index (χ0n) is 9.39. The lowest BCUT2D eigenvalue weighted by molar-refractivity contribution is 0.249. The Bertz CT molecular complexity index is 211. The summed E-state index contributed by atoms with van der Waals surface area (Å²) in [5.41, 5.74) is 0.828. The molecular weight excluding hydrogens is 170 g/mol. The molecule has 0 bridgehead atoms. The van der Waals surface area contributed by atoms with Gasteiger partial charge in [-0.05, 0) is 55.9 Å². The van der Waals surface area contributed by atoms with Crippen LogP contribution >= 0.6 is 0 Å². The lowest BCUT2D eigenvalue weighted by Gasteiger charge is -2.27. The highest BCUT2D eigenvalue weighted by Crippen LogP contribution is 2.61. The minimum absolute atomic E-state index is 0.828. The van der Waals surface area contributed by atoms with Crippen LogP contribution < -0.4 is 5.32 Å². The van der Waals surface area contributed by atoms with E-state index in [0.717, 1.165) is 23.3 Å². The normalized spacial score (nSPS) is 46.9. The Hall–Kier alpha value is -0.0400. The molecule has 0 saturated heterocycles. The number of hydrogen-bond acceptors (Lipinski definition) is 1. The molecule has 3 fully saturated rings.